The minimum absolute atomic E-state index is 0. The Morgan fingerprint density at radius 3 is 2.53 bits per heavy atom. The van der Waals surface area contributed by atoms with Crippen molar-refractivity contribution in [3.05, 3.63) is 29.8 Å². The molecule has 0 heterocycles. The van der Waals surface area contributed by atoms with Gasteiger partial charge < -0.3 is 16.0 Å². The van der Waals surface area contributed by atoms with Gasteiger partial charge in [0, 0.05) is 38.8 Å². The van der Waals surface area contributed by atoms with Crippen molar-refractivity contribution in [2.45, 2.75) is 25.9 Å². The summed E-state index contributed by atoms with van der Waals surface area (Å²) in [7, 11) is 3.99. The third-order valence-corrected chi connectivity index (χ3v) is 2.42. The number of nitrogens with one attached hydrogen (secondary N) is 1. The summed E-state index contributed by atoms with van der Waals surface area (Å²) in [6, 6.07) is 7.99. The van der Waals surface area contributed by atoms with Crippen LogP contribution in [0.25, 0.3) is 0 Å². The van der Waals surface area contributed by atoms with Gasteiger partial charge in [-0.3, -0.25) is 4.79 Å². The van der Waals surface area contributed by atoms with E-state index in [1.165, 1.54) is 0 Å². The van der Waals surface area contributed by atoms with Gasteiger partial charge in [0.15, 0.2) is 0 Å². The van der Waals surface area contributed by atoms with Crippen LogP contribution in [0.3, 0.4) is 0 Å². The first-order valence-corrected chi connectivity index (χ1v) is 5.77. The van der Waals surface area contributed by atoms with Crippen molar-refractivity contribution >= 4 is 36.4 Å². The highest BCUT2D eigenvalue weighted by Crippen LogP contribution is 2.13. The monoisotopic (exact) mass is 307 g/mol. The smallest absolute Gasteiger partial charge is 0.221 e. The molecule has 1 aromatic carbocycles. The predicted octanol–water partition coefficient (Wildman–Crippen LogP) is 1.95. The predicted molar refractivity (Wildman–Crippen MR) is 85.4 cm³/mol. The van der Waals surface area contributed by atoms with Gasteiger partial charge in [-0.25, -0.2) is 0 Å². The second kappa shape index (κ2) is 9.89. The number of carbonyl (C=O) groups is 1. The summed E-state index contributed by atoms with van der Waals surface area (Å²) in [5.74, 6) is -0.00439. The molecule has 110 valence electrons. The lowest BCUT2D eigenvalue weighted by molar-refractivity contribution is -0.121. The Balaban J connectivity index is 0. The Bertz CT molecular complexity index is 384. The van der Waals surface area contributed by atoms with E-state index >= 15 is 0 Å². The highest BCUT2D eigenvalue weighted by atomic mass is 35.5. The maximum absolute atomic E-state index is 11.4. The molecule has 4 nitrogen and oxygen atoms in total. The van der Waals surface area contributed by atoms with E-state index in [4.69, 9.17) is 5.73 Å². The number of carbonyl (C=O) groups excluding carboxylic acids is 1. The van der Waals surface area contributed by atoms with Crippen LogP contribution < -0.4 is 16.0 Å². The Labute approximate surface area is 127 Å². The van der Waals surface area contributed by atoms with Gasteiger partial charge in [-0.1, -0.05) is 12.1 Å². The highest BCUT2D eigenvalue weighted by molar-refractivity contribution is 5.85. The molecule has 0 aromatic heterocycles. The molecule has 0 aliphatic heterocycles. The van der Waals surface area contributed by atoms with Gasteiger partial charge in [-0.2, -0.15) is 0 Å². The summed E-state index contributed by atoms with van der Waals surface area (Å²) >= 11 is 0. The lowest BCUT2D eigenvalue weighted by Crippen LogP contribution is -2.29. The standard InChI is InChI=1S/C13H21N3O.2ClH/c1-10(14)7-13(17)15-9-11-5-4-6-12(8-11)16(2)3;;/h4-6,8,10H,7,9,14H2,1-3H3,(H,15,17);2*1H. The molecule has 3 N–H and O–H groups in total. The summed E-state index contributed by atoms with van der Waals surface area (Å²) in [6.45, 7) is 2.37. The van der Waals surface area contributed by atoms with Gasteiger partial charge in [-0.05, 0) is 24.6 Å². The number of hydrogen-bond donors (Lipinski definition) is 2. The molecule has 1 aromatic rings. The summed E-state index contributed by atoms with van der Waals surface area (Å²) in [4.78, 5) is 13.5. The van der Waals surface area contributed by atoms with Crippen LogP contribution in [0.1, 0.15) is 18.9 Å². The van der Waals surface area contributed by atoms with E-state index in [9.17, 15) is 4.79 Å². The number of hydrogen-bond acceptors (Lipinski definition) is 3. The Kier molecular flexibility index (Phi) is 10.6. The first-order valence-electron chi connectivity index (χ1n) is 5.77. The Hall–Kier alpha value is -0.970. The maximum atomic E-state index is 11.4. The van der Waals surface area contributed by atoms with Gasteiger partial charge in [0.05, 0.1) is 0 Å². The van der Waals surface area contributed by atoms with Crippen molar-refractivity contribution in [2.75, 3.05) is 19.0 Å². The molecule has 0 aliphatic carbocycles. The molecule has 0 saturated carbocycles. The lowest BCUT2D eigenvalue weighted by Gasteiger charge is -2.14. The van der Waals surface area contributed by atoms with E-state index in [1.807, 2.05) is 44.1 Å². The Morgan fingerprint density at radius 1 is 1.37 bits per heavy atom. The van der Waals surface area contributed by atoms with Gasteiger partial charge >= 0.3 is 0 Å². The van der Waals surface area contributed by atoms with Crippen molar-refractivity contribution in [2.24, 2.45) is 5.73 Å². The molecule has 0 fully saturated rings. The summed E-state index contributed by atoms with van der Waals surface area (Å²) < 4.78 is 0. The zero-order valence-electron chi connectivity index (χ0n) is 11.6. The minimum atomic E-state index is -0.0943. The molecular weight excluding hydrogens is 285 g/mol. The van der Waals surface area contributed by atoms with Crippen LogP contribution in [-0.2, 0) is 11.3 Å². The number of anilines is 1. The second-order valence-electron chi connectivity index (χ2n) is 4.52. The van der Waals surface area contributed by atoms with E-state index in [-0.39, 0.29) is 36.8 Å². The molecule has 6 heteroatoms. The summed E-state index contributed by atoms with van der Waals surface area (Å²) in [5.41, 5.74) is 7.78. The molecule has 0 bridgehead atoms. The number of amides is 1. The zero-order chi connectivity index (χ0) is 12.8. The van der Waals surface area contributed by atoms with Crippen LogP contribution in [-0.4, -0.2) is 26.0 Å². The molecule has 0 spiro atoms. The molecule has 0 saturated heterocycles. The first-order chi connectivity index (χ1) is 7.99. The molecule has 0 aliphatic rings. The van der Waals surface area contributed by atoms with E-state index in [1.54, 1.807) is 0 Å². The SMILES string of the molecule is CC(N)CC(=O)NCc1cccc(N(C)C)c1.Cl.Cl. The van der Waals surface area contributed by atoms with Crippen LogP contribution in [0.15, 0.2) is 24.3 Å². The number of nitrogens with two attached hydrogens (primary N) is 1. The minimum Gasteiger partial charge on any atom is -0.378 e. The van der Waals surface area contributed by atoms with Crippen LogP contribution in [0.5, 0.6) is 0 Å². The van der Waals surface area contributed by atoms with Gasteiger partial charge in [0.2, 0.25) is 5.91 Å². The van der Waals surface area contributed by atoms with Crippen LogP contribution in [0.4, 0.5) is 5.69 Å². The first kappa shape index (κ1) is 20.3. The quantitative estimate of drug-likeness (QED) is 0.874. The molecule has 1 rings (SSSR count). The number of halogens is 2. The zero-order valence-corrected chi connectivity index (χ0v) is 13.2. The molecule has 1 atom stereocenters. The topological polar surface area (TPSA) is 58.4 Å². The third-order valence-electron chi connectivity index (χ3n) is 2.42. The second-order valence-corrected chi connectivity index (χ2v) is 4.52. The largest absolute Gasteiger partial charge is 0.378 e. The van der Waals surface area contributed by atoms with E-state index in [2.05, 4.69) is 11.4 Å². The van der Waals surface area contributed by atoms with Crippen molar-refractivity contribution in [3.8, 4) is 0 Å². The fourth-order valence-corrected chi connectivity index (χ4v) is 1.51. The summed E-state index contributed by atoms with van der Waals surface area (Å²) in [5, 5.41) is 2.86. The van der Waals surface area contributed by atoms with Crippen molar-refractivity contribution < 1.29 is 4.79 Å². The van der Waals surface area contributed by atoms with Crippen molar-refractivity contribution in [1.82, 2.24) is 5.32 Å². The fraction of sp³-hybridized carbons (Fsp3) is 0.462. The van der Waals surface area contributed by atoms with Crippen LogP contribution in [0, 0.1) is 0 Å². The van der Waals surface area contributed by atoms with E-state index < -0.39 is 0 Å². The van der Waals surface area contributed by atoms with Crippen molar-refractivity contribution in [1.29, 1.82) is 0 Å². The molecule has 19 heavy (non-hydrogen) atoms. The number of rotatable bonds is 5. The number of nitrogens with zero attached hydrogens (tertiary/aromatic N) is 1. The van der Waals surface area contributed by atoms with Gasteiger partial charge in [-0.15, -0.1) is 24.8 Å². The van der Waals surface area contributed by atoms with Crippen LogP contribution in [0.2, 0.25) is 0 Å². The average Bonchev–Trinajstić information content (AvgIpc) is 2.26. The van der Waals surface area contributed by atoms with E-state index in [0.29, 0.717) is 13.0 Å². The average molecular weight is 308 g/mol. The van der Waals surface area contributed by atoms with E-state index in [0.717, 1.165) is 11.3 Å². The molecule has 1 amide bonds. The van der Waals surface area contributed by atoms with Gasteiger partial charge in [0.1, 0.15) is 0 Å². The van der Waals surface area contributed by atoms with Crippen LogP contribution >= 0.6 is 24.8 Å². The third kappa shape index (κ3) is 7.93. The molecule has 1 unspecified atom stereocenters. The Morgan fingerprint density at radius 2 is 2.00 bits per heavy atom. The van der Waals surface area contributed by atoms with Gasteiger partial charge in [0.25, 0.3) is 0 Å². The van der Waals surface area contributed by atoms with Crippen molar-refractivity contribution in [3.63, 3.8) is 0 Å². The summed E-state index contributed by atoms with van der Waals surface area (Å²) in [6.07, 6.45) is 0.368. The molecule has 0 radical (unpaired) electrons. The lowest BCUT2D eigenvalue weighted by atomic mass is 10.2. The number of benzene rings is 1. The highest BCUT2D eigenvalue weighted by Gasteiger charge is 2.04. The normalized spacial score (nSPS) is 10.7. The molecular formula is C13H23Cl2N3O. The fourth-order valence-electron chi connectivity index (χ4n) is 1.51. The maximum Gasteiger partial charge on any atom is 0.221 e.